The van der Waals surface area contributed by atoms with E-state index in [1.54, 1.807) is 6.92 Å². The summed E-state index contributed by atoms with van der Waals surface area (Å²) in [5.74, 6) is -1.63. The lowest BCUT2D eigenvalue weighted by Crippen LogP contribution is -2.60. The zero-order chi connectivity index (χ0) is 19.9. The van der Waals surface area contributed by atoms with Crippen molar-refractivity contribution in [3.63, 3.8) is 0 Å². The van der Waals surface area contributed by atoms with E-state index in [9.17, 15) is 30.3 Å². The highest BCUT2D eigenvalue weighted by Gasteiger charge is 2.53. The molecule has 0 aromatic rings. The van der Waals surface area contributed by atoms with Crippen LogP contribution >= 0.6 is 0 Å². The summed E-state index contributed by atoms with van der Waals surface area (Å²) in [5.41, 5.74) is 0.291. The van der Waals surface area contributed by atoms with Gasteiger partial charge in [-0.1, -0.05) is 6.92 Å². The Morgan fingerprint density at radius 2 is 1.89 bits per heavy atom. The molecule has 1 aliphatic carbocycles. The molecular formula is C17H26O10. The van der Waals surface area contributed by atoms with Gasteiger partial charge in [0.25, 0.3) is 0 Å². The lowest BCUT2D eigenvalue weighted by atomic mass is 9.83. The maximum absolute atomic E-state index is 12.0. The summed E-state index contributed by atoms with van der Waals surface area (Å²) in [5, 5.41) is 49.4. The van der Waals surface area contributed by atoms with Crippen molar-refractivity contribution in [2.75, 3.05) is 13.7 Å². The fourth-order valence-corrected chi connectivity index (χ4v) is 4.10. The van der Waals surface area contributed by atoms with E-state index in [1.165, 1.54) is 13.4 Å². The van der Waals surface area contributed by atoms with Crippen LogP contribution < -0.4 is 0 Å². The molecule has 10 atom stereocenters. The number of methoxy groups -OCH3 is 1. The summed E-state index contributed by atoms with van der Waals surface area (Å²) >= 11 is 0. The van der Waals surface area contributed by atoms with Crippen LogP contribution in [0.3, 0.4) is 0 Å². The van der Waals surface area contributed by atoms with Crippen molar-refractivity contribution in [3.8, 4) is 0 Å². The number of rotatable bonds is 4. The minimum absolute atomic E-state index is 0.279. The molecule has 3 rings (SSSR count). The topological polar surface area (TPSA) is 155 Å². The van der Waals surface area contributed by atoms with Gasteiger partial charge < -0.3 is 44.5 Å². The highest BCUT2D eigenvalue weighted by atomic mass is 16.8. The van der Waals surface area contributed by atoms with Gasteiger partial charge in [0.15, 0.2) is 6.29 Å². The highest BCUT2D eigenvalue weighted by molar-refractivity contribution is 5.89. The predicted molar refractivity (Wildman–Crippen MR) is 86.6 cm³/mol. The number of carbonyl (C=O) groups excluding carboxylic acids is 1. The third-order valence-corrected chi connectivity index (χ3v) is 5.75. The van der Waals surface area contributed by atoms with Crippen LogP contribution in [0.1, 0.15) is 13.3 Å². The van der Waals surface area contributed by atoms with E-state index < -0.39 is 61.6 Å². The summed E-state index contributed by atoms with van der Waals surface area (Å²) in [6.07, 6.45) is -7.25. The van der Waals surface area contributed by atoms with Crippen molar-refractivity contribution in [1.29, 1.82) is 0 Å². The van der Waals surface area contributed by atoms with Crippen molar-refractivity contribution in [1.82, 2.24) is 0 Å². The summed E-state index contributed by atoms with van der Waals surface area (Å²) in [6, 6.07) is 0. The van der Waals surface area contributed by atoms with Crippen LogP contribution in [-0.2, 0) is 23.7 Å². The SMILES string of the molecule is COC(=O)C1=CO[C@@H](O[C@@H]2O[C@H](CO)[C@@H](O)[C@H](O)[C@H]2O)[C@H]2[C@H](C)[C@@H](O)C[C@H]12. The van der Waals surface area contributed by atoms with Gasteiger partial charge in [0.2, 0.25) is 6.29 Å². The van der Waals surface area contributed by atoms with Crippen LogP contribution in [0.5, 0.6) is 0 Å². The average Bonchev–Trinajstić information content (AvgIpc) is 2.96. The van der Waals surface area contributed by atoms with Gasteiger partial charge in [-0.15, -0.1) is 0 Å². The van der Waals surface area contributed by atoms with Crippen LogP contribution in [0.4, 0.5) is 0 Å². The Labute approximate surface area is 155 Å². The molecule has 3 aliphatic rings. The Bertz CT molecular complexity index is 578. The van der Waals surface area contributed by atoms with Crippen molar-refractivity contribution in [2.24, 2.45) is 17.8 Å². The predicted octanol–water partition coefficient (Wildman–Crippen LogP) is -2.15. The molecule has 27 heavy (non-hydrogen) atoms. The maximum atomic E-state index is 12.0. The number of hydrogen-bond acceptors (Lipinski definition) is 10. The summed E-state index contributed by atoms with van der Waals surface area (Å²) < 4.78 is 21.4. The first-order valence-electron chi connectivity index (χ1n) is 8.88. The molecule has 0 bridgehead atoms. The fourth-order valence-electron chi connectivity index (χ4n) is 4.10. The second-order valence-electron chi connectivity index (χ2n) is 7.25. The van der Waals surface area contributed by atoms with Gasteiger partial charge in [-0.05, 0) is 12.3 Å². The second-order valence-corrected chi connectivity index (χ2v) is 7.25. The van der Waals surface area contributed by atoms with Gasteiger partial charge in [0.1, 0.15) is 24.4 Å². The van der Waals surface area contributed by atoms with Gasteiger partial charge in [0, 0.05) is 11.8 Å². The maximum Gasteiger partial charge on any atom is 0.337 e. The zero-order valence-corrected chi connectivity index (χ0v) is 15.0. The van der Waals surface area contributed by atoms with Crippen LogP contribution in [0.15, 0.2) is 11.8 Å². The lowest BCUT2D eigenvalue weighted by Gasteiger charge is -2.43. The molecule has 2 fully saturated rings. The molecule has 2 heterocycles. The van der Waals surface area contributed by atoms with Gasteiger partial charge in [-0.25, -0.2) is 4.79 Å². The molecule has 154 valence electrons. The minimum Gasteiger partial charge on any atom is -0.472 e. The fraction of sp³-hybridized carbons (Fsp3) is 0.824. The van der Waals surface area contributed by atoms with E-state index in [-0.39, 0.29) is 11.8 Å². The normalized spacial score (nSPS) is 47.0. The molecule has 10 nitrogen and oxygen atoms in total. The van der Waals surface area contributed by atoms with Crippen LogP contribution in [0.2, 0.25) is 0 Å². The molecule has 0 amide bonds. The van der Waals surface area contributed by atoms with E-state index in [4.69, 9.17) is 18.9 Å². The van der Waals surface area contributed by atoms with E-state index in [2.05, 4.69) is 0 Å². The average molecular weight is 390 g/mol. The number of aliphatic hydroxyl groups excluding tert-OH is 5. The van der Waals surface area contributed by atoms with Crippen molar-refractivity contribution < 1.29 is 49.3 Å². The smallest absolute Gasteiger partial charge is 0.337 e. The summed E-state index contributed by atoms with van der Waals surface area (Å²) in [6.45, 7) is 1.21. The molecule has 1 saturated carbocycles. The van der Waals surface area contributed by atoms with Crippen LogP contribution in [0.25, 0.3) is 0 Å². The first kappa shape index (κ1) is 20.5. The molecule has 10 heteroatoms. The van der Waals surface area contributed by atoms with E-state index in [0.717, 1.165) is 0 Å². The summed E-state index contributed by atoms with van der Waals surface area (Å²) in [4.78, 5) is 12.0. The highest BCUT2D eigenvalue weighted by Crippen LogP contribution is 2.47. The standard InChI is InChI=1S/C17H26O10/c1-6-9(19)3-7-8(15(23)24-2)5-25-16(11(6)7)27-17-14(22)13(21)12(20)10(4-18)26-17/h5-7,9-14,16-22H,3-4H2,1-2H3/t6-,7-,9+,10-,11+,12-,13+,14-,16+,17+/m1/s1. The van der Waals surface area contributed by atoms with E-state index in [1.807, 2.05) is 0 Å². The number of esters is 1. The number of carbonyl (C=O) groups is 1. The Kier molecular flexibility index (Phi) is 6.06. The molecule has 0 aromatic heterocycles. The van der Waals surface area contributed by atoms with Crippen molar-refractivity contribution in [2.45, 2.75) is 56.4 Å². The first-order chi connectivity index (χ1) is 12.8. The van der Waals surface area contributed by atoms with E-state index >= 15 is 0 Å². The third kappa shape index (κ3) is 3.58. The second kappa shape index (κ2) is 8.00. The van der Waals surface area contributed by atoms with Gasteiger partial charge in [0.05, 0.1) is 31.7 Å². The van der Waals surface area contributed by atoms with Gasteiger partial charge in [-0.2, -0.15) is 0 Å². The van der Waals surface area contributed by atoms with Crippen molar-refractivity contribution in [3.05, 3.63) is 11.8 Å². The van der Waals surface area contributed by atoms with Crippen LogP contribution in [0, 0.1) is 17.8 Å². The zero-order valence-electron chi connectivity index (χ0n) is 15.0. The Morgan fingerprint density at radius 1 is 1.19 bits per heavy atom. The van der Waals surface area contributed by atoms with Gasteiger partial charge in [-0.3, -0.25) is 0 Å². The quantitative estimate of drug-likeness (QED) is 0.336. The molecule has 0 spiro atoms. The van der Waals surface area contributed by atoms with Gasteiger partial charge >= 0.3 is 5.97 Å². The van der Waals surface area contributed by atoms with Crippen molar-refractivity contribution >= 4 is 5.97 Å². The molecular weight excluding hydrogens is 364 g/mol. The van der Waals surface area contributed by atoms with E-state index in [0.29, 0.717) is 12.0 Å². The summed E-state index contributed by atoms with van der Waals surface area (Å²) in [7, 11) is 1.25. The Hall–Kier alpha value is -1.27. The first-order valence-corrected chi connectivity index (χ1v) is 8.88. The third-order valence-electron chi connectivity index (χ3n) is 5.75. The largest absolute Gasteiger partial charge is 0.472 e. The minimum atomic E-state index is -1.58. The molecule has 5 N–H and O–H groups in total. The van der Waals surface area contributed by atoms with Crippen LogP contribution in [-0.4, -0.2) is 88.3 Å². The molecule has 0 aromatic carbocycles. The molecule has 1 saturated heterocycles. The molecule has 2 aliphatic heterocycles. The Morgan fingerprint density at radius 3 is 2.52 bits per heavy atom. The monoisotopic (exact) mass is 390 g/mol. The molecule has 0 unspecified atom stereocenters. The number of fused-ring (bicyclic) bond motifs is 1. The molecule has 0 radical (unpaired) electrons. The Balaban J connectivity index is 1.80. The number of hydrogen-bond donors (Lipinski definition) is 5. The lowest BCUT2D eigenvalue weighted by molar-refractivity contribution is -0.342. The number of aliphatic hydroxyl groups is 5. The number of ether oxygens (including phenoxy) is 4.